The van der Waals surface area contributed by atoms with Crippen LogP contribution in [0, 0.1) is 6.42 Å². The van der Waals surface area contributed by atoms with E-state index in [4.69, 9.17) is 0 Å². The van der Waals surface area contributed by atoms with Crippen molar-refractivity contribution in [3.8, 4) is 0 Å². The van der Waals surface area contributed by atoms with Crippen molar-refractivity contribution < 1.29 is 4.79 Å². The van der Waals surface area contributed by atoms with Crippen molar-refractivity contribution >= 4 is 29.0 Å². The van der Waals surface area contributed by atoms with Gasteiger partial charge in [0.1, 0.15) is 6.17 Å². The van der Waals surface area contributed by atoms with Gasteiger partial charge in [-0.25, -0.2) is 0 Å². The molecule has 0 saturated heterocycles. The summed E-state index contributed by atoms with van der Waals surface area (Å²) in [6.45, 7) is 0. The maximum absolute atomic E-state index is 13.4. The highest BCUT2D eigenvalue weighted by Crippen LogP contribution is 2.42. The van der Waals surface area contributed by atoms with Crippen LogP contribution in [-0.2, 0) is 11.2 Å². The summed E-state index contributed by atoms with van der Waals surface area (Å²) in [5.74, 6) is -0.154. The van der Waals surface area contributed by atoms with Crippen LogP contribution in [0.25, 0.3) is 6.08 Å². The van der Waals surface area contributed by atoms with Crippen LogP contribution in [0.4, 0.5) is 17.1 Å². The lowest BCUT2D eigenvalue weighted by molar-refractivity contribution is -0.116. The van der Waals surface area contributed by atoms with Crippen molar-refractivity contribution in [2.75, 3.05) is 15.5 Å². The number of para-hydroxylation sites is 3. The van der Waals surface area contributed by atoms with Crippen molar-refractivity contribution in [2.24, 2.45) is 0 Å². The van der Waals surface area contributed by atoms with E-state index < -0.39 is 0 Å². The van der Waals surface area contributed by atoms with Crippen LogP contribution < -0.4 is 15.5 Å². The monoisotopic (exact) mass is 405 g/mol. The Balaban J connectivity index is 1.33. The van der Waals surface area contributed by atoms with Crippen LogP contribution in [0.15, 0.2) is 78.9 Å². The van der Waals surface area contributed by atoms with Gasteiger partial charge in [-0.3, -0.25) is 9.69 Å². The average molecular weight is 406 g/mol. The minimum absolute atomic E-state index is 0.0758. The van der Waals surface area contributed by atoms with E-state index in [-0.39, 0.29) is 24.0 Å². The van der Waals surface area contributed by atoms with E-state index in [2.05, 4.69) is 65.6 Å². The van der Waals surface area contributed by atoms with Gasteiger partial charge in [-0.1, -0.05) is 60.7 Å². The zero-order chi connectivity index (χ0) is 20.8. The molecule has 2 N–H and O–H groups in total. The number of hydrogen-bond acceptors (Lipinski definition) is 3. The highest BCUT2D eigenvalue weighted by molar-refractivity contribution is 6.05. The summed E-state index contributed by atoms with van der Waals surface area (Å²) in [6.07, 6.45) is 9.17. The van der Waals surface area contributed by atoms with Crippen LogP contribution in [-0.4, -0.2) is 18.1 Å². The molecular formula is C27H23N3O. The molecule has 3 heterocycles. The van der Waals surface area contributed by atoms with Gasteiger partial charge in [0.25, 0.3) is 0 Å². The molecule has 0 saturated carbocycles. The lowest BCUT2D eigenvalue weighted by Gasteiger charge is -2.42. The summed E-state index contributed by atoms with van der Waals surface area (Å²) in [5.41, 5.74) is 6.78. The number of fused-ring (bicyclic) bond motifs is 3. The molecule has 6 rings (SSSR count). The molecule has 2 radical (unpaired) electrons. The smallest absolute Gasteiger partial charge is 0.238 e. The molecule has 0 aliphatic carbocycles. The molecule has 3 aromatic carbocycles. The fourth-order valence-corrected chi connectivity index (χ4v) is 4.99. The van der Waals surface area contributed by atoms with Crippen molar-refractivity contribution in [3.63, 3.8) is 0 Å². The van der Waals surface area contributed by atoms with Gasteiger partial charge in [0.2, 0.25) is 5.91 Å². The highest BCUT2D eigenvalue weighted by atomic mass is 16.2. The molecule has 0 spiro atoms. The first kappa shape index (κ1) is 18.3. The minimum Gasteiger partial charge on any atom is -0.381 e. The first-order valence-electron chi connectivity index (χ1n) is 10.8. The molecular weight excluding hydrogens is 382 g/mol. The van der Waals surface area contributed by atoms with Crippen LogP contribution in [0.2, 0.25) is 0 Å². The summed E-state index contributed by atoms with van der Waals surface area (Å²) in [7, 11) is 0. The number of rotatable bonds is 2. The third-order valence-corrected chi connectivity index (χ3v) is 6.51. The zero-order valence-corrected chi connectivity index (χ0v) is 17.1. The quantitative estimate of drug-likeness (QED) is 0.624. The second kappa shape index (κ2) is 7.31. The van der Waals surface area contributed by atoms with E-state index in [1.807, 2.05) is 41.3 Å². The number of anilines is 3. The fourth-order valence-electron chi connectivity index (χ4n) is 4.99. The summed E-state index contributed by atoms with van der Waals surface area (Å²) in [6, 6.07) is 25.0. The molecule has 1 amide bonds. The zero-order valence-electron chi connectivity index (χ0n) is 17.1. The molecule has 4 heteroatoms. The van der Waals surface area contributed by atoms with E-state index in [0.29, 0.717) is 0 Å². The van der Waals surface area contributed by atoms with Gasteiger partial charge in [-0.2, -0.15) is 0 Å². The lowest BCUT2D eigenvalue weighted by atomic mass is 9.79. The number of nitrogens with one attached hydrogen (secondary N) is 2. The molecule has 3 aromatic rings. The second-order valence-electron chi connectivity index (χ2n) is 8.34. The van der Waals surface area contributed by atoms with Crippen molar-refractivity contribution in [2.45, 2.75) is 31.0 Å². The Morgan fingerprint density at radius 1 is 0.871 bits per heavy atom. The first-order valence-corrected chi connectivity index (χ1v) is 10.8. The molecule has 3 atom stereocenters. The van der Waals surface area contributed by atoms with E-state index >= 15 is 0 Å². The number of benzene rings is 3. The summed E-state index contributed by atoms with van der Waals surface area (Å²) >= 11 is 0. The maximum atomic E-state index is 13.4. The standard InChI is InChI=1S/C27H23N3O/c31-27-17-21(24-15-13-18-7-1-4-10-22(18)28-24)20-9-3-6-12-25(20)30(27)26-16-14-19-8-2-5-11-23(19)29-26/h1-12,14,16,21,24,26,28-29H,13,15H2. The van der Waals surface area contributed by atoms with Gasteiger partial charge in [0, 0.05) is 29.0 Å². The highest BCUT2D eigenvalue weighted by Gasteiger charge is 2.40. The van der Waals surface area contributed by atoms with Gasteiger partial charge < -0.3 is 10.6 Å². The Hall–Kier alpha value is -3.53. The minimum atomic E-state index is -0.239. The van der Waals surface area contributed by atoms with Crippen LogP contribution in [0.3, 0.4) is 0 Å². The normalized spacial score (nSPS) is 23.8. The largest absolute Gasteiger partial charge is 0.381 e. The molecule has 152 valence electrons. The Morgan fingerprint density at radius 3 is 2.58 bits per heavy atom. The molecule has 0 bridgehead atoms. The Morgan fingerprint density at radius 2 is 1.65 bits per heavy atom. The average Bonchev–Trinajstić information content (AvgIpc) is 2.83. The number of hydrogen-bond donors (Lipinski definition) is 2. The van der Waals surface area contributed by atoms with E-state index in [9.17, 15) is 4.79 Å². The molecule has 0 fully saturated rings. The first-order chi connectivity index (χ1) is 15.3. The van der Waals surface area contributed by atoms with Gasteiger partial charge in [-0.15, -0.1) is 0 Å². The van der Waals surface area contributed by atoms with E-state index in [0.717, 1.165) is 35.3 Å². The molecule has 4 nitrogen and oxygen atoms in total. The molecule has 31 heavy (non-hydrogen) atoms. The summed E-state index contributed by atoms with van der Waals surface area (Å²) in [4.78, 5) is 15.2. The van der Waals surface area contributed by atoms with Crippen LogP contribution >= 0.6 is 0 Å². The van der Waals surface area contributed by atoms with Gasteiger partial charge in [0.15, 0.2) is 0 Å². The predicted molar refractivity (Wildman–Crippen MR) is 125 cm³/mol. The molecule has 3 unspecified atom stereocenters. The van der Waals surface area contributed by atoms with Gasteiger partial charge in [-0.05, 0) is 53.8 Å². The molecule has 0 aromatic heterocycles. The number of aryl methyl sites for hydroxylation is 1. The van der Waals surface area contributed by atoms with E-state index in [1.165, 1.54) is 11.3 Å². The van der Waals surface area contributed by atoms with Crippen molar-refractivity contribution in [1.82, 2.24) is 0 Å². The van der Waals surface area contributed by atoms with Crippen molar-refractivity contribution in [1.29, 1.82) is 0 Å². The predicted octanol–water partition coefficient (Wildman–Crippen LogP) is 5.09. The van der Waals surface area contributed by atoms with Gasteiger partial charge >= 0.3 is 0 Å². The maximum Gasteiger partial charge on any atom is 0.238 e. The van der Waals surface area contributed by atoms with E-state index in [1.54, 1.807) is 0 Å². The topological polar surface area (TPSA) is 44.4 Å². The molecule has 3 aliphatic rings. The Bertz CT molecular complexity index is 1180. The Kier molecular flexibility index (Phi) is 4.30. The van der Waals surface area contributed by atoms with Crippen LogP contribution in [0.5, 0.6) is 0 Å². The number of carbonyl (C=O) groups excluding carboxylic acids is 1. The third kappa shape index (κ3) is 3.10. The number of carbonyl (C=O) groups is 1. The van der Waals surface area contributed by atoms with Crippen LogP contribution in [0.1, 0.15) is 29.0 Å². The fraction of sp³-hybridized carbons (Fsp3) is 0.185. The lowest BCUT2D eigenvalue weighted by Crippen LogP contribution is -2.50. The number of amides is 1. The number of nitrogens with zero attached hydrogens (tertiary/aromatic N) is 1. The summed E-state index contributed by atoms with van der Waals surface area (Å²) < 4.78 is 0. The molecule has 3 aliphatic heterocycles. The summed E-state index contributed by atoms with van der Waals surface area (Å²) in [5, 5.41) is 7.18. The SMILES string of the molecule is O=C1[C]C(C2CCc3ccccc3N2)c2ccccc2N1C1C=Cc2ccccc2N1. The Labute approximate surface area is 182 Å². The third-order valence-electron chi connectivity index (χ3n) is 6.51. The second-order valence-corrected chi connectivity index (χ2v) is 8.34. The van der Waals surface area contributed by atoms with Gasteiger partial charge in [0.05, 0.1) is 6.42 Å². The van der Waals surface area contributed by atoms with Crippen molar-refractivity contribution in [3.05, 3.63) is 102 Å².